The van der Waals surface area contributed by atoms with Crippen molar-refractivity contribution >= 4 is 11.4 Å². The molecule has 0 aliphatic rings. The molecule has 0 radical (unpaired) electrons. The van der Waals surface area contributed by atoms with Crippen LogP contribution in [0.3, 0.4) is 0 Å². The van der Waals surface area contributed by atoms with E-state index in [-0.39, 0.29) is 12.5 Å². The Kier molecular flexibility index (Phi) is 3.98. The summed E-state index contributed by atoms with van der Waals surface area (Å²) >= 11 is 0. The number of hydrogen-bond acceptors (Lipinski definition) is 3. The molecule has 2 aromatic heterocycles. The lowest BCUT2D eigenvalue weighted by atomic mass is 10.2. The number of aromatic nitrogens is 1. The third-order valence-electron chi connectivity index (χ3n) is 2.40. The first-order chi connectivity index (χ1) is 8.83. The average molecular weight is 246 g/mol. The molecule has 0 saturated carbocycles. The monoisotopic (exact) mass is 246 g/mol. The maximum absolute atomic E-state index is 11.9. The molecule has 0 fully saturated rings. The van der Waals surface area contributed by atoms with Crippen LogP contribution in [0.2, 0.25) is 0 Å². The molecule has 1 amide bonds. The lowest BCUT2D eigenvalue weighted by molar-refractivity contribution is 0.0145. The van der Waals surface area contributed by atoms with Gasteiger partial charge < -0.3 is 9.14 Å². The third kappa shape index (κ3) is 2.70. The molecule has 2 aromatic rings. The molecule has 2 heterocycles. The minimum atomic E-state index is -0.280. The number of carbonyl (C=O) groups excluding carboxylic acids is 1. The molecule has 5 nitrogen and oxygen atoms in total. The van der Waals surface area contributed by atoms with Gasteiger partial charge in [-0.2, -0.15) is 0 Å². The molecule has 0 spiro atoms. The summed E-state index contributed by atoms with van der Waals surface area (Å²) in [5.74, 6) is -0.280. The second-order valence-electron chi connectivity index (χ2n) is 3.54. The van der Waals surface area contributed by atoms with Crippen LogP contribution in [0.25, 0.3) is 5.52 Å². The van der Waals surface area contributed by atoms with Crippen LogP contribution in [0.15, 0.2) is 49.5 Å². The molecule has 0 saturated heterocycles. The van der Waals surface area contributed by atoms with Crippen molar-refractivity contribution in [2.75, 3.05) is 13.2 Å². The van der Waals surface area contributed by atoms with E-state index >= 15 is 0 Å². The van der Waals surface area contributed by atoms with E-state index in [1.165, 1.54) is 6.26 Å². The van der Waals surface area contributed by atoms with Crippen molar-refractivity contribution in [3.8, 4) is 0 Å². The van der Waals surface area contributed by atoms with Crippen molar-refractivity contribution in [1.29, 1.82) is 0 Å². The van der Waals surface area contributed by atoms with Gasteiger partial charge in [0.25, 0.3) is 5.91 Å². The molecule has 1 N–H and O–H groups in total. The SMILES string of the molecule is C=COCCONC(=O)c1cccn2cccc12. The zero-order valence-electron chi connectivity index (χ0n) is 9.83. The van der Waals surface area contributed by atoms with Gasteiger partial charge in [-0.05, 0) is 24.3 Å². The molecule has 0 unspecified atom stereocenters. The van der Waals surface area contributed by atoms with E-state index in [9.17, 15) is 4.79 Å². The number of rotatable bonds is 6. The van der Waals surface area contributed by atoms with Gasteiger partial charge in [-0.3, -0.25) is 9.63 Å². The molecule has 0 bridgehead atoms. The summed E-state index contributed by atoms with van der Waals surface area (Å²) < 4.78 is 6.73. The maximum Gasteiger partial charge on any atom is 0.276 e. The van der Waals surface area contributed by atoms with Crippen molar-refractivity contribution < 1.29 is 14.4 Å². The van der Waals surface area contributed by atoms with Crippen LogP contribution in [-0.2, 0) is 9.57 Å². The summed E-state index contributed by atoms with van der Waals surface area (Å²) in [4.78, 5) is 16.9. The first-order valence-corrected chi connectivity index (χ1v) is 5.53. The number of fused-ring (bicyclic) bond motifs is 1. The van der Waals surface area contributed by atoms with Crippen molar-refractivity contribution in [2.24, 2.45) is 0 Å². The van der Waals surface area contributed by atoms with E-state index in [0.29, 0.717) is 12.2 Å². The van der Waals surface area contributed by atoms with E-state index in [4.69, 9.17) is 9.57 Å². The van der Waals surface area contributed by atoms with Crippen molar-refractivity contribution in [3.05, 3.63) is 55.1 Å². The minimum Gasteiger partial charge on any atom is -0.499 e. The fraction of sp³-hybridized carbons (Fsp3) is 0.154. The average Bonchev–Trinajstić information content (AvgIpc) is 2.86. The Morgan fingerprint density at radius 2 is 2.11 bits per heavy atom. The summed E-state index contributed by atoms with van der Waals surface area (Å²) in [7, 11) is 0. The van der Waals surface area contributed by atoms with Crippen LogP contribution in [-0.4, -0.2) is 23.5 Å². The number of ether oxygens (including phenoxy) is 1. The van der Waals surface area contributed by atoms with Crippen LogP contribution < -0.4 is 5.48 Å². The largest absolute Gasteiger partial charge is 0.499 e. The molecular weight excluding hydrogens is 232 g/mol. The molecule has 18 heavy (non-hydrogen) atoms. The molecule has 0 aromatic carbocycles. The van der Waals surface area contributed by atoms with E-state index < -0.39 is 0 Å². The number of hydrogen-bond donors (Lipinski definition) is 1. The highest BCUT2D eigenvalue weighted by Gasteiger charge is 2.09. The normalized spacial score (nSPS) is 10.2. The molecule has 0 atom stereocenters. The standard InChI is InChI=1S/C13H14N2O3/c1-2-17-9-10-18-14-13(16)11-5-3-7-15-8-4-6-12(11)15/h2-8H,1,9-10H2,(H,14,16). The van der Waals surface area contributed by atoms with E-state index in [1.54, 1.807) is 6.07 Å². The van der Waals surface area contributed by atoms with Crippen LogP contribution in [0.1, 0.15) is 10.4 Å². The van der Waals surface area contributed by atoms with Crippen LogP contribution in [0.5, 0.6) is 0 Å². The van der Waals surface area contributed by atoms with E-state index in [2.05, 4.69) is 12.1 Å². The van der Waals surface area contributed by atoms with Gasteiger partial charge in [0.05, 0.1) is 17.3 Å². The Bertz CT molecular complexity index is 548. The lowest BCUT2D eigenvalue weighted by Gasteiger charge is -2.07. The highest BCUT2D eigenvalue weighted by atomic mass is 16.7. The highest BCUT2D eigenvalue weighted by molar-refractivity contribution is 6.00. The van der Waals surface area contributed by atoms with Crippen LogP contribution in [0.4, 0.5) is 0 Å². The van der Waals surface area contributed by atoms with Gasteiger partial charge in [-0.15, -0.1) is 0 Å². The van der Waals surface area contributed by atoms with Gasteiger partial charge in [0.1, 0.15) is 13.2 Å². The number of amides is 1. The Balaban J connectivity index is 1.96. The highest BCUT2D eigenvalue weighted by Crippen LogP contribution is 2.11. The van der Waals surface area contributed by atoms with Crippen LogP contribution in [0, 0.1) is 0 Å². The Labute approximate surface area is 105 Å². The Morgan fingerprint density at radius 1 is 1.33 bits per heavy atom. The van der Waals surface area contributed by atoms with E-state index in [0.717, 1.165) is 5.52 Å². The van der Waals surface area contributed by atoms with Gasteiger partial charge in [0, 0.05) is 12.4 Å². The number of hydroxylamine groups is 1. The van der Waals surface area contributed by atoms with Gasteiger partial charge in [0.2, 0.25) is 0 Å². The predicted octanol–water partition coefficient (Wildman–Crippen LogP) is 1.76. The zero-order chi connectivity index (χ0) is 12.8. The quantitative estimate of drug-likeness (QED) is 0.480. The third-order valence-corrected chi connectivity index (χ3v) is 2.40. The van der Waals surface area contributed by atoms with Crippen molar-refractivity contribution in [3.63, 3.8) is 0 Å². The maximum atomic E-state index is 11.9. The molecule has 0 aliphatic heterocycles. The number of pyridine rings is 1. The van der Waals surface area contributed by atoms with Crippen molar-refractivity contribution in [1.82, 2.24) is 9.88 Å². The summed E-state index contributed by atoms with van der Waals surface area (Å²) in [5.41, 5.74) is 3.77. The van der Waals surface area contributed by atoms with E-state index in [1.807, 2.05) is 35.0 Å². The molecular formula is C13H14N2O3. The van der Waals surface area contributed by atoms with Crippen molar-refractivity contribution in [2.45, 2.75) is 0 Å². The summed E-state index contributed by atoms with van der Waals surface area (Å²) in [5, 5.41) is 0. The first-order valence-electron chi connectivity index (χ1n) is 5.53. The minimum absolute atomic E-state index is 0.266. The summed E-state index contributed by atoms with van der Waals surface area (Å²) in [6.45, 7) is 4.01. The smallest absolute Gasteiger partial charge is 0.276 e. The summed E-state index contributed by atoms with van der Waals surface area (Å²) in [6, 6.07) is 7.30. The fourth-order valence-electron chi connectivity index (χ4n) is 1.61. The Hall–Kier alpha value is -2.27. The fourth-order valence-corrected chi connectivity index (χ4v) is 1.61. The molecule has 2 rings (SSSR count). The number of carbonyl (C=O) groups is 1. The molecule has 0 aliphatic carbocycles. The lowest BCUT2D eigenvalue weighted by Crippen LogP contribution is -2.25. The topological polar surface area (TPSA) is 52.0 Å². The van der Waals surface area contributed by atoms with Crippen LogP contribution >= 0.6 is 0 Å². The second kappa shape index (κ2) is 5.88. The summed E-state index contributed by atoms with van der Waals surface area (Å²) in [6.07, 6.45) is 5.09. The second-order valence-corrected chi connectivity index (χ2v) is 3.54. The first kappa shape index (κ1) is 12.2. The molecule has 94 valence electrons. The van der Waals surface area contributed by atoms with Gasteiger partial charge >= 0.3 is 0 Å². The predicted molar refractivity (Wildman–Crippen MR) is 67.0 cm³/mol. The number of nitrogens with zero attached hydrogens (tertiary/aromatic N) is 1. The molecule has 5 heteroatoms. The van der Waals surface area contributed by atoms with Gasteiger partial charge in [-0.1, -0.05) is 6.58 Å². The van der Waals surface area contributed by atoms with Gasteiger partial charge in [-0.25, -0.2) is 5.48 Å². The Morgan fingerprint density at radius 3 is 2.89 bits per heavy atom. The zero-order valence-corrected chi connectivity index (χ0v) is 9.83. The van der Waals surface area contributed by atoms with Gasteiger partial charge in [0.15, 0.2) is 0 Å². The number of nitrogens with one attached hydrogen (secondary N) is 1.